The van der Waals surface area contributed by atoms with Crippen molar-refractivity contribution in [1.82, 2.24) is 19.3 Å². The van der Waals surface area contributed by atoms with Gasteiger partial charge in [0.05, 0.1) is 0 Å². The van der Waals surface area contributed by atoms with Gasteiger partial charge in [0.2, 0.25) is 0 Å². The van der Waals surface area contributed by atoms with Crippen LogP contribution in [-0.4, -0.2) is 53.9 Å². The van der Waals surface area contributed by atoms with E-state index in [0.717, 1.165) is 5.82 Å². The van der Waals surface area contributed by atoms with Crippen LogP contribution < -0.4 is 10.2 Å². The molecule has 3 aromatic rings. The highest BCUT2D eigenvalue weighted by molar-refractivity contribution is 7.91. The molecule has 0 saturated carbocycles. The zero-order chi connectivity index (χ0) is 19.6. The molecule has 0 unspecified atom stereocenters. The summed E-state index contributed by atoms with van der Waals surface area (Å²) in [6.07, 6.45) is 1.71. The average Bonchev–Trinajstić information content (AvgIpc) is 3.24. The van der Waals surface area contributed by atoms with Crippen LogP contribution in [0.5, 0.6) is 0 Å². The molecule has 1 N–H and O–H groups in total. The molecule has 4 rings (SSSR count). The first kappa shape index (κ1) is 18.8. The van der Waals surface area contributed by atoms with Crippen molar-refractivity contribution >= 4 is 38.8 Å². The SMILES string of the molecule is Cc1nc(Nc2ccccn2)cc(N2CCN(S(=O)(=O)c3cccs3)CC2)n1. The summed E-state index contributed by atoms with van der Waals surface area (Å²) in [6.45, 7) is 3.83. The third-order valence-corrected chi connectivity index (χ3v) is 7.67. The molecular formula is C18H20N6O2S2. The Balaban J connectivity index is 1.47. The van der Waals surface area contributed by atoms with E-state index < -0.39 is 10.0 Å². The van der Waals surface area contributed by atoms with E-state index in [4.69, 9.17) is 0 Å². The largest absolute Gasteiger partial charge is 0.354 e. The first-order valence-corrected chi connectivity index (χ1v) is 11.2. The van der Waals surface area contributed by atoms with Gasteiger partial charge in [-0.05, 0) is 30.5 Å². The van der Waals surface area contributed by atoms with Crippen molar-refractivity contribution in [2.24, 2.45) is 0 Å². The molecule has 3 aromatic heterocycles. The highest BCUT2D eigenvalue weighted by Gasteiger charge is 2.29. The maximum absolute atomic E-state index is 12.7. The predicted octanol–water partition coefficient (Wildman–Crippen LogP) is 2.50. The van der Waals surface area contributed by atoms with Gasteiger partial charge in [-0.2, -0.15) is 4.31 Å². The second-order valence-electron chi connectivity index (χ2n) is 6.32. The van der Waals surface area contributed by atoms with Gasteiger partial charge in [-0.15, -0.1) is 11.3 Å². The van der Waals surface area contributed by atoms with Gasteiger partial charge in [0.1, 0.15) is 27.5 Å². The number of sulfonamides is 1. The van der Waals surface area contributed by atoms with Gasteiger partial charge < -0.3 is 10.2 Å². The molecular weight excluding hydrogens is 396 g/mol. The number of pyridine rings is 1. The molecule has 1 aliphatic heterocycles. The van der Waals surface area contributed by atoms with Crippen LogP contribution in [0.2, 0.25) is 0 Å². The minimum absolute atomic E-state index is 0.390. The van der Waals surface area contributed by atoms with Crippen LogP contribution in [0.1, 0.15) is 5.82 Å². The van der Waals surface area contributed by atoms with Crippen molar-refractivity contribution in [1.29, 1.82) is 0 Å². The summed E-state index contributed by atoms with van der Waals surface area (Å²) in [5.41, 5.74) is 0. The highest BCUT2D eigenvalue weighted by atomic mass is 32.2. The zero-order valence-corrected chi connectivity index (χ0v) is 16.9. The van der Waals surface area contributed by atoms with E-state index in [9.17, 15) is 8.42 Å². The van der Waals surface area contributed by atoms with Crippen molar-refractivity contribution in [2.75, 3.05) is 36.4 Å². The molecule has 1 aliphatic rings. The van der Waals surface area contributed by atoms with E-state index in [1.807, 2.05) is 31.2 Å². The van der Waals surface area contributed by atoms with E-state index >= 15 is 0 Å². The summed E-state index contributed by atoms with van der Waals surface area (Å²) < 4.78 is 27.3. The van der Waals surface area contributed by atoms with Gasteiger partial charge in [0.25, 0.3) is 10.0 Å². The van der Waals surface area contributed by atoms with E-state index in [-0.39, 0.29) is 0 Å². The van der Waals surface area contributed by atoms with Crippen LogP contribution in [-0.2, 0) is 10.0 Å². The van der Waals surface area contributed by atoms with Crippen LogP contribution in [0.15, 0.2) is 52.2 Å². The molecule has 1 saturated heterocycles. The molecule has 10 heteroatoms. The maximum Gasteiger partial charge on any atom is 0.252 e. The first-order valence-electron chi connectivity index (χ1n) is 8.85. The summed E-state index contributed by atoms with van der Waals surface area (Å²) >= 11 is 1.25. The maximum atomic E-state index is 12.7. The number of thiophene rings is 1. The summed E-state index contributed by atoms with van der Waals surface area (Å²) in [5, 5.41) is 4.96. The molecule has 8 nitrogen and oxygen atoms in total. The fraction of sp³-hybridized carbons (Fsp3) is 0.278. The van der Waals surface area contributed by atoms with Crippen LogP contribution in [0.4, 0.5) is 17.5 Å². The third-order valence-electron chi connectivity index (χ3n) is 4.40. The Bertz CT molecular complexity index is 1030. The van der Waals surface area contributed by atoms with E-state index in [0.29, 0.717) is 47.8 Å². The third kappa shape index (κ3) is 3.98. The Morgan fingerprint density at radius 2 is 1.86 bits per heavy atom. The van der Waals surface area contributed by atoms with Crippen molar-refractivity contribution < 1.29 is 8.42 Å². The number of piperazine rings is 1. The molecule has 28 heavy (non-hydrogen) atoms. The second kappa shape index (κ2) is 7.82. The van der Waals surface area contributed by atoms with Crippen molar-refractivity contribution in [3.63, 3.8) is 0 Å². The minimum atomic E-state index is -3.41. The molecule has 0 aliphatic carbocycles. The quantitative estimate of drug-likeness (QED) is 0.683. The molecule has 0 bridgehead atoms. The Morgan fingerprint density at radius 3 is 2.54 bits per heavy atom. The lowest BCUT2D eigenvalue weighted by Gasteiger charge is -2.34. The van der Waals surface area contributed by atoms with Crippen LogP contribution in [0.3, 0.4) is 0 Å². The summed E-state index contributed by atoms with van der Waals surface area (Å²) in [7, 11) is -3.41. The molecule has 0 atom stereocenters. The molecule has 4 heterocycles. The van der Waals surface area contributed by atoms with Crippen LogP contribution >= 0.6 is 11.3 Å². The number of hydrogen-bond acceptors (Lipinski definition) is 8. The van der Waals surface area contributed by atoms with Crippen LogP contribution in [0, 0.1) is 6.92 Å². The monoisotopic (exact) mass is 416 g/mol. The number of nitrogens with zero attached hydrogens (tertiary/aromatic N) is 5. The van der Waals surface area contributed by atoms with E-state index in [1.165, 1.54) is 15.6 Å². The lowest BCUT2D eigenvalue weighted by atomic mass is 10.3. The number of rotatable bonds is 5. The fourth-order valence-corrected chi connectivity index (χ4v) is 5.61. The van der Waals surface area contributed by atoms with Gasteiger partial charge >= 0.3 is 0 Å². The number of nitrogens with one attached hydrogen (secondary N) is 1. The minimum Gasteiger partial charge on any atom is -0.354 e. The van der Waals surface area contributed by atoms with Crippen molar-refractivity contribution in [3.05, 3.63) is 53.8 Å². The highest BCUT2D eigenvalue weighted by Crippen LogP contribution is 2.24. The van der Waals surface area contributed by atoms with Gasteiger partial charge in [-0.3, -0.25) is 0 Å². The molecule has 0 spiro atoms. The Labute approximate surface area is 167 Å². The number of anilines is 3. The number of aromatic nitrogens is 3. The van der Waals surface area contributed by atoms with Crippen molar-refractivity contribution in [2.45, 2.75) is 11.1 Å². The van der Waals surface area contributed by atoms with E-state index in [1.54, 1.807) is 23.7 Å². The lowest BCUT2D eigenvalue weighted by Crippen LogP contribution is -2.48. The second-order valence-corrected chi connectivity index (χ2v) is 9.43. The standard InChI is InChI=1S/C18H20N6O2S2/c1-14-20-16(22-15-5-2-3-7-19-15)13-17(21-14)23-8-10-24(11-9-23)28(25,26)18-6-4-12-27-18/h2-7,12-13H,8-11H2,1H3,(H,19,20,21,22). The van der Waals surface area contributed by atoms with Gasteiger partial charge in [-0.25, -0.2) is 23.4 Å². The number of hydrogen-bond donors (Lipinski definition) is 1. The molecule has 0 aromatic carbocycles. The Kier molecular flexibility index (Phi) is 5.25. The Morgan fingerprint density at radius 1 is 1.04 bits per heavy atom. The number of aryl methyl sites for hydroxylation is 1. The normalized spacial score (nSPS) is 15.5. The first-order chi connectivity index (χ1) is 13.5. The van der Waals surface area contributed by atoms with E-state index in [2.05, 4.69) is 25.2 Å². The fourth-order valence-electron chi connectivity index (χ4n) is 3.04. The average molecular weight is 417 g/mol. The van der Waals surface area contributed by atoms with Crippen LogP contribution in [0.25, 0.3) is 0 Å². The Hall–Kier alpha value is -2.56. The summed E-state index contributed by atoms with van der Waals surface area (Å²) in [4.78, 5) is 15.3. The lowest BCUT2D eigenvalue weighted by molar-refractivity contribution is 0.384. The van der Waals surface area contributed by atoms with Gasteiger partial charge in [0, 0.05) is 38.4 Å². The van der Waals surface area contributed by atoms with Crippen molar-refractivity contribution in [3.8, 4) is 0 Å². The molecule has 146 valence electrons. The van der Waals surface area contributed by atoms with Gasteiger partial charge in [-0.1, -0.05) is 12.1 Å². The predicted molar refractivity (Wildman–Crippen MR) is 110 cm³/mol. The smallest absolute Gasteiger partial charge is 0.252 e. The zero-order valence-electron chi connectivity index (χ0n) is 15.3. The molecule has 1 fully saturated rings. The summed E-state index contributed by atoms with van der Waals surface area (Å²) in [5.74, 6) is 2.79. The molecule has 0 radical (unpaired) electrons. The summed E-state index contributed by atoms with van der Waals surface area (Å²) in [6, 6.07) is 10.9. The van der Waals surface area contributed by atoms with Gasteiger partial charge in [0.15, 0.2) is 0 Å². The topological polar surface area (TPSA) is 91.3 Å². The molecule has 0 amide bonds.